The summed E-state index contributed by atoms with van der Waals surface area (Å²) >= 11 is 3.41. The Bertz CT molecular complexity index is 642. The van der Waals surface area contributed by atoms with Gasteiger partial charge >= 0.3 is 0 Å². The van der Waals surface area contributed by atoms with Gasteiger partial charge in [0.25, 0.3) is 0 Å². The van der Waals surface area contributed by atoms with Crippen molar-refractivity contribution in [3.8, 4) is 11.8 Å². The minimum Gasteiger partial charge on any atom is -0.497 e. The number of benzene rings is 2. The molecule has 1 atom stereocenters. The average Bonchev–Trinajstić information content (AvgIpc) is 2.53. The monoisotopic (exact) mass is 329 g/mol. The van der Waals surface area contributed by atoms with Gasteiger partial charge in [-0.15, -0.1) is 0 Å². The van der Waals surface area contributed by atoms with Crippen molar-refractivity contribution < 1.29 is 9.53 Å². The molecule has 0 radical (unpaired) electrons. The van der Waals surface area contributed by atoms with Gasteiger partial charge in [0.1, 0.15) is 10.6 Å². The molecule has 0 aromatic heterocycles. The van der Waals surface area contributed by atoms with Gasteiger partial charge in [0.2, 0.25) is 0 Å². The van der Waals surface area contributed by atoms with Crippen LogP contribution in [0.4, 0.5) is 0 Å². The fourth-order valence-electron chi connectivity index (χ4n) is 1.78. The predicted octanol–water partition coefficient (Wildman–Crippen LogP) is 3.89. The zero-order valence-corrected chi connectivity index (χ0v) is 12.4. The number of nitrogens with zero attached hydrogens (tertiary/aromatic N) is 1. The third kappa shape index (κ3) is 3.06. The lowest BCUT2D eigenvalue weighted by atomic mass is 10.0. The molecule has 0 saturated heterocycles. The van der Waals surface area contributed by atoms with Crippen LogP contribution in [0.25, 0.3) is 0 Å². The maximum atomic E-state index is 12.3. The molecule has 0 amide bonds. The summed E-state index contributed by atoms with van der Waals surface area (Å²) in [4.78, 5) is 11.9. The highest BCUT2D eigenvalue weighted by Crippen LogP contribution is 2.28. The first kappa shape index (κ1) is 14.3. The van der Waals surface area contributed by atoms with E-state index >= 15 is 0 Å². The minimum atomic E-state index is -0.427. The fraction of sp³-hybridized carbons (Fsp3) is 0.125. The van der Waals surface area contributed by atoms with Crippen LogP contribution < -0.4 is 4.74 Å². The van der Waals surface area contributed by atoms with E-state index in [4.69, 9.17) is 10.00 Å². The third-order valence-electron chi connectivity index (χ3n) is 2.94. The normalized spacial score (nSPS) is 11.4. The number of Topliss-reactive ketones (excluding diaryl/α,β-unsaturated/α-hetero) is 1. The zero-order valence-electron chi connectivity index (χ0n) is 10.8. The SMILES string of the molecule is COc1ccc(C(=O)C(Br)c2ccc(C#N)cc2)cc1. The Labute approximate surface area is 125 Å². The van der Waals surface area contributed by atoms with Gasteiger partial charge < -0.3 is 4.74 Å². The number of hydrogen-bond donors (Lipinski definition) is 0. The van der Waals surface area contributed by atoms with Crippen molar-refractivity contribution in [3.05, 3.63) is 65.2 Å². The fourth-order valence-corrected chi connectivity index (χ4v) is 2.35. The summed E-state index contributed by atoms with van der Waals surface area (Å²) in [6.07, 6.45) is 0. The lowest BCUT2D eigenvalue weighted by Gasteiger charge is -2.10. The van der Waals surface area contributed by atoms with Gasteiger partial charge in [-0.05, 0) is 42.0 Å². The van der Waals surface area contributed by atoms with Crippen LogP contribution in [-0.2, 0) is 0 Å². The molecule has 1 unspecified atom stereocenters. The highest BCUT2D eigenvalue weighted by atomic mass is 79.9. The highest BCUT2D eigenvalue weighted by Gasteiger charge is 2.18. The Morgan fingerprint density at radius 1 is 1.15 bits per heavy atom. The molecular formula is C16H12BrNO2. The van der Waals surface area contributed by atoms with E-state index in [0.717, 1.165) is 5.56 Å². The molecule has 0 bridgehead atoms. The molecule has 20 heavy (non-hydrogen) atoms. The van der Waals surface area contributed by atoms with Crippen LogP contribution in [0.5, 0.6) is 5.75 Å². The van der Waals surface area contributed by atoms with Crippen LogP contribution in [0.15, 0.2) is 48.5 Å². The Morgan fingerprint density at radius 2 is 1.75 bits per heavy atom. The molecule has 100 valence electrons. The van der Waals surface area contributed by atoms with Gasteiger partial charge in [-0.2, -0.15) is 5.26 Å². The first-order valence-corrected chi connectivity index (χ1v) is 6.89. The summed E-state index contributed by atoms with van der Waals surface area (Å²) in [6.45, 7) is 0. The molecule has 0 N–H and O–H groups in total. The largest absolute Gasteiger partial charge is 0.497 e. The van der Waals surface area contributed by atoms with Crippen molar-refractivity contribution in [2.24, 2.45) is 0 Å². The number of ether oxygens (including phenoxy) is 1. The van der Waals surface area contributed by atoms with E-state index in [-0.39, 0.29) is 5.78 Å². The Morgan fingerprint density at radius 3 is 2.25 bits per heavy atom. The summed E-state index contributed by atoms with van der Waals surface area (Å²) in [6, 6.07) is 16.0. The first-order valence-electron chi connectivity index (χ1n) is 5.98. The zero-order chi connectivity index (χ0) is 14.5. The molecule has 0 aliphatic carbocycles. The summed E-state index contributed by atoms with van der Waals surface area (Å²) < 4.78 is 5.07. The van der Waals surface area contributed by atoms with Crippen molar-refractivity contribution in [2.45, 2.75) is 4.83 Å². The second-order valence-electron chi connectivity index (χ2n) is 4.19. The van der Waals surface area contributed by atoms with Crippen molar-refractivity contribution in [3.63, 3.8) is 0 Å². The topological polar surface area (TPSA) is 50.1 Å². The van der Waals surface area contributed by atoms with Crippen LogP contribution in [0.1, 0.15) is 26.3 Å². The van der Waals surface area contributed by atoms with Gasteiger partial charge in [-0.1, -0.05) is 28.1 Å². The molecule has 0 fully saturated rings. The maximum Gasteiger partial charge on any atom is 0.180 e. The van der Waals surface area contributed by atoms with E-state index in [2.05, 4.69) is 22.0 Å². The molecule has 0 aliphatic rings. The summed E-state index contributed by atoms with van der Waals surface area (Å²) in [7, 11) is 1.58. The summed E-state index contributed by atoms with van der Waals surface area (Å²) in [5.41, 5.74) is 2.01. The van der Waals surface area contributed by atoms with Gasteiger partial charge in [0, 0.05) is 5.56 Å². The van der Waals surface area contributed by atoms with Crippen LogP contribution in [0, 0.1) is 11.3 Å². The molecule has 0 aliphatic heterocycles. The number of carbonyl (C=O) groups is 1. The van der Waals surface area contributed by atoms with Crippen LogP contribution in [-0.4, -0.2) is 12.9 Å². The van der Waals surface area contributed by atoms with Gasteiger partial charge in [-0.3, -0.25) is 4.79 Å². The first-order chi connectivity index (χ1) is 9.65. The van der Waals surface area contributed by atoms with Crippen molar-refractivity contribution in [1.29, 1.82) is 5.26 Å². The quantitative estimate of drug-likeness (QED) is 0.631. The number of halogens is 1. The number of methoxy groups -OCH3 is 1. The molecule has 2 aromatic carbocycles. The molecule has 0 heterocycles. The highest BCUT2D eigenvalue weighted by molar-refractivity contribution is 9.09. The number of carbonyl (C=O) groups excluding carboxylic acids is 1. The lowest BCUT2D eigenvalue weighted by molar-refractivity contribution is 0.0991. The van der Waals surface area contributed by atoms with Gasteiger partial charge in [-0.25, -0.2) is 0 Å². The third-order valence-corrected chi connectivity index (χ3v) is 3.88. The number of hydrogen-bond acceptors (Lipinski definition) is 3. The standard InChI is InChI=1S/C16H12BrNO2/c1-20-14-8-6-13(7-9-14)16(19)15(17)12-4-2-11(10-18)3-5-12/h2-9,15H,1H3. The molecule has 2 aromatic rings. The van der Waals surface area contributed by atoms with Gasteiger partial charge in [0.15, 0.2) is 5.78 Å². The number of rotatable bonds is 4. The van der Waals surface area contributed by atoms with E-state index < -0.39 is 4.83 Å². The summed E-state index contributed by atoms with van der Waals surface area (Å²) in [5, 5.41) is 8.76. The predicted molar refractivity (Wildman–Crippen MR) is 80.1 cm³/mol. The van der Waals surface area contributed by atoms with Crippen LogP contribution in [0.3, 0.4) is 0 Å². The van der Waals surface area contributed by atoms with E-state index in [0.29, 0.717) is 16.9 Å². The Hall–Kier alpha value is -2.12. The second-order valence-corrected chi connectivity index (χ2v) is 5.10. The van der Waals surface area contributed by atoms with E-state index in [1.54, 1.807) is 55.6 Å². The number of ketones is 1. The molecule has 2 rings (SSSR count). The summed E-state index contributed by atoms with van der Waals surface area (Å²) in [5.74, 6) is 0.684. The van der Waals surface area contributed by atoms with Crippen LogP contribution >= 0.6 is 15.9 Å². The molecular weight excluding hydrogens is 318 g/mol. The maximum absolute atomic E-state index is 12.3. The van der Waals surface area contributed by atoms with E-state index in [1.165, 1.54) is 0 Å². The molecule has 4 heteroatoms. The minimum absolute atomic E-state index is 0.0302. The van der Waals surface area contributed by atoms with Gasteiger partial charge in [0.05, 0.1) is 18.7 Å². The van der Waals surface area contributed by atoms with Crippen molar-refractivity contribution in [2.75, 3.05) is 7.11 Å². The smallest absolute Gasteiger partial charge is 0.180 e. The molecule has 0 saturated carbocycles. The van der Waals surface area contributed by atoms with Crippen molar-refractivity contribution >= 4 is 21.7 Å². The number of nitriles is 1. The van der Waals surface area contributed by atoms with E-state index in [9.17, 15) is 4.79 Å². The van der Waals surface area contributed by atoms with Crippen molar-refractivity contribution in [1.82, 2.24) is 0 Å². The average molecular weight is 330 g/mol. The second kappa shape index (κ2) is 6.36. The molecule has 0 spiro atoms. The van der Waals surface area contributed by atoms with E-state index in [1.807, 2.05) is 0 Å². The number of alkyl halides is 1. The van der Waals surface area contributed by atoms with Crippen LogP contribution in [0.2, 0.25) is 0 Å². The Kier molecular flexibility index (Phi) is 4.54. The lowest BCUT2D eigenvalue weighted by Crippen LogP contribution is -2.07. The Balaban J connectivity index is 2.20. The molecule has 3 nitrogen and oxygen atoms in total.